The third kappa shape index (κ3) is 3.60. The number of hydrogen-bond donors (Lipinski definition) is 2. The fourth-order valence-corrected chi connectivity index (χ4v) is 3.22. The van der Waals surface area contributed by atoms with E-state index in [2.05, 4.69) is 5.32 Å². The summed E-state index contributed by atoms with van der Waals surface area (Å²) in [5, 5.41) is 2.71. The molecule has 1 atom stereocenters. The number of para-hydroxylation sites is 1. The van der Waals surface area contributed by atoms with E-state index in [1.165, 1.54) is 18.2 Å². The Balaban J connectivity index is 1.87. The number of rotatable bonds is 4. The van der Waals surface area contributed by atoms with E-state index in [1.54, 1.807) is 36.1 Å². The Hall–Kier alpha value is -2.73. The van der Waals surface area contributed by atoms with E-state index >= 15 is 0 Å². The first-order chi connectivity index (χ1) is 12.5. The molecule has 0 spiro atoms. The van der Waals surface area contributed by atoms with Gasteiger partial charge in [-0.25, -0.2) is 4.39 Å². The molecule has 1 unspecified atom stereocenters. The van der Waals surface area contributed by atoms with Crippen LogP contribution in [0, 0.1) is 18.7 Å². The van der Waals surface area contributed by atoms with Gasteiger partial charge in [-0.15, -0.1) is 0 Å². The van der Waals surface area contributed by atoms with Crippen molar-refractivity contribution in [2.45, 2.75) is 13.3 Å². The van der Waals surface area contributed by atoms with Crippen LogP contribution in [-0.4, -0.2) is 36.3 Å². The SMILES string of the molecule is Cc1cccc(C(=O)N2CCC(CN)C2)c1NC(=O)c1ccccc1F. The molecule has 1 heterocycles. The molecular weight excluding hydrogens is 333 g/mol. The monoisotopic (exact) mass is 355 g/mol. The largest absolute Gasteiger partial charge is 0.338 e. The van der Waals surface area contributed by atoms with Gasteiger partial charge in [0.1, 0.15) is 5.82 Å². The highest BCUT2D eigenvalue weighted by atomic mass is 19.1. The first kappa shape index (κ1) is 18.1. The topological polar surface area (TPSA) is 75.4 Å². The summed E-state index contributed by atoms with van der Waals surface area (Å²) >= 11 is 0. The van der Waals surface area contributed by atoms with Crippen LogP contribution in [0.4, 0.5) is 10.1 Å². The number of halogens is 1. The quantitative estimate of drug-likeness (QED) is 0.885. The Morgan fingerprint density at radius 1 is 1.19 bits per heavy atom. The molecule has 2 amide bonds. The maximum Gasteiger partial charge on any atom is 0.258 e. The van der Waals surface area contributed by atoms with Gasteiger partial charge in [0.25, 0.3) is 11.8 Å². The number of carbonyl (C=O) groups excluding carboxylic acids is 2. The Morgan fingerprint density at radius 3 is 2.62 bits per heavy atom. The Labute approximate surface area is 152 Å². The Bertz CT molecular complexity index is 838. The second-order valence-corrected chi connectivity index (χ2v) is 6.57. The summed E-state index contributed by atoms with van der Waals surface area (Å²) in [5.74, 6) is -1.02. The molecule has 3 N–H and O–H groups in total. The van der Waals surface area contributed by atoms with Crippen molar-refractivity contribution in [1.29, 1.82) is 0 Å². The predicted molar refractivity (Wildman–Crippen MR) is 98.6 cm³/mol. The maximum atomic E-state index is 13.9. The van der Waals surface area contributed by atoms with Crippen LogP contribution in [0.25, 0.3) is 0 Å². The lowest BCUT2D eigenvalue weighted by Crippen LogP contribution is -2.31. The highest BCUT2D eigenvalue weighted by Gasteiger charge is 2.28. The Morgan fingerprint density at radius 2 is 1.92 bits per heavy atom. The van der Waals surface area contributed by atoms with E-state index in [-0.39, 0.29) is 11.5 Å². The molecule has 2 aromatic rings. The first-order valence-corrected chi connectivity index (χ1v) is 8.66. The van der Waals surface area contributed by atoms with Crippen molar-refractivity contribution < 1.29 is 14.0 Å². The number of nitrogens with zero attached hydrogens (tertiary/aromatic N) is 1. The second kappa shape index (κ2) is 7.66. The van der Waals surface area contributed by atoms with Crippen LogP contribution < -0.4 is 11.1 Å². The fraction of sp³-hybridized carbons (Fsp3) is 0.300. The van der Waals surface area contributed by atoms with Gasteiger partial charge < -0.3 is 16.0 Å². The number of benzene rings is 2. The zero-order valence-electron chi connectivity index (χ0n) is 14.7. The third-order valence-electron chi connectivity index (χ3n) is 4.77. The molecule has 0 aliphatic carbocycles. The first-order valence-electron chi connectivity index (χ1n) is 8.66. The van der Waals surface area contributed by atoms with Gasteiger partial charge in [0.05, 0.1) is 16.8 Å². The predicted octanol–water partition coefficient (Wildman–Crippen LogP) is 2.81. The number of anilines is 1. The van der Waals surface area contributed by atoms with Crippen LogP contribution in [-0.2, 0) is 0 Å². The van der Waals surface area contributed by atoms with Crippen LogP contribution in [0.2, 0.25) is 0 Å². The van der Waals surface area contributed by atoms with Crippen molar-refractivity contribution in [1.82, 2.24) is 4.90 Å². The summed E-state index contributed by atoms with van der Waals surface area (Å²) in [6.45, 7) is 3.62. The lowest BCUT2D eigenvalue weighted by molar-refractivity contribution is 0.0788. The summed E-state index contributed by atoms with van der Waals surface area (Å²) in [6.07, 6.45) is 0.880. The average molecular weight is 355 g/mol. The molecule has 3 rings (SSSR count). The molecule has 1 fully saturated rings. The molecular formula is C20H22FN3O2. The van der Waals surface area contributed by atoms with E-state index in [1.807, 2.05) is 0 Å². The fourth-order valence-electron chi connectivity index (χ4n) is 3.22. The molecule has 0 radical (unpaired) electrons. The molecule has 0 bridgehead atoms. The highest BCUT2D eigenvalue weighted by molar-refractivity contribution is 6.09. The number of aryl methyl sites for hydroxylation is 1. The summed E-state index contributed by atoms with van der Waals surface area (Å²) in [7, 11) is 0. The van der Waals surface area contributed by atoms with E-state index < -0.39 is 11.7 Å². The van der Waals surface area contributed by atoms with Crippen LogP contribution in [0.5, 0.6) is 0 Å². The molecule has 1 aliphatic rings. The van der Waals surface area contributed by atoms with E-state index in [4.69, 9.17) is 5.73 Å². The third-order valence-corrected chi connectivity index (χ3v) is 4.77. The average Bonchev–Trinajstić information content (AvgIpc) is 3.12. The molecule has 0 saturated carbocycles. The molecule has 1 saturated heterocycles. The number of carbonyl (C=O) groups is 2. The van der Waals surface area contributed by atoms with Gasteiger partial charge in [-0.2, -0.15) is 0 Å². The lowest BCUT2D eigenvalue weighted by Gasteiger charge is -2.20. The van der Waals surface area contributed by atoms with Gasteiger partial charge >= 0.3 is 0 Å². The summed E-state index contributed by atoms with van der Waals surface area (Å²) in [5.41, 5.74) is 7.22. The van der Waals surface area contributed by atoms with Crippen molar-refractivity contribution in [2.24, 2.45) is 11.7 Å². The number of amides is 2. The minimum atomic E-state index is -0.600. The number of hydrogen-bond acceptors (Lipinski definition) is 3. The van der Waals surface area contributed by atoms with Crippen molar-refractivity contribution in [3.63, 3.8) is 0 Å². The van der Waals surface area contributed by atoms with E-state index in [9.17, 15) is 14.0 Å². The van der Waals surface area contributed by atoms with Crippen LogP contribution in [0.3, 0.4) is 0 Å². The minimum Gasteiger partial charge on any atom is -0.338 e. The zero-order chi connectivity index (χ0) is 18.7. The molecule has 2 aromatic carbocycles. The Kier molecular flexibility index (Phi) is 5.32. The maximum absolute atomic E-state index is 13.9. The van der Waals surface area contributed by atoms with Crippen molar-refractivity contribution in [3.05, 3.63) is 65.0 Å². The van der Waals surface area contributed by atoms with Crippen molar-refractivity contribution in [3.8, 4) is 0 Å². The summed E-state index contributed by atoms with van der Waals surface area (Å²) in [4.78, 5) is 27.2. The molecule has 6 heteroatoms. The molecule has 1 aliphatic heterocycles. The van der Waals surface area contributed by atoms with Crippen LogP contribution >= 0.6 is 0 Å². The van der Waals surface area contributed by atoms with Gasteiger partial charge in [0.2, 0.25) is 0 Å². The minimum absolute atomic E-state index is 0.0569. The van der Waals surface area contributed by atoms with Gasteiger partial charge in [0, 0.05) is 13.1 Å². The van der Waals surface area contributed by atoms with Crippen LogP contribution in [0.1, 0.15) is 32.7 Å². The van der Waals surface area contributed by atoms with Gasteiger partial charge in [0.15, 0.2) is 0 Å². The number of likely N-dealkylation sites (tertiary alicyclic amines) is 1. The summed E-state index contributed by atoms with van der Waals surface area (Å²) in [6, 6.07) is 11.0. The summed E-state index contributed by atoms with van der Waals surface area (Å²) < 4.78 is 13.9. The zero-order valence-corrected chi connectivity index (χ0v) is 14.7. The van der Waals surface area contributed by atoms with Gasteiger partial charge in [-0.1, -0.05) is 24.3 Å². The van der Waals surface area contributed by atoms with Crippen molar-refractivity contribution in [2.75, 3.05) is 25.0 Å². The normalized spacial score (nSPS) is 16.6. The van der Waals surface area contributed by atoms with E-state index in [0.29, 0.717) is 36.8 Å². The van der Waals surface area contributed by atoms with Gasteiger partial charge in [-0.05, 0) is 49.6 Å². The number of nitrogens with one attached hydrogen (secondary N) is 1. The standard InChI is InChI=1S/C20H22FN3O2/c1-13-5-4-7-16(20(26)24-10-9-14(11-22)12-24)18(13)23-19(25)15-6-2-3-8-17(15)21/h2-8,14H,9-12,22H2,1H3,(H,23,25). The molecule has 136 valence electrons. The second-order valence-electron chi connectivity index (χ2n) is 6.57. The van der Waals surface area contributed by atoms with Crippen molar-refractivity contribution >= 4 is 17.5 Å². The lowest BCUT2D eigenvalue weighted by atomic mass is 10.1. The number of nitrogens with two attached hydrogens (primary N) is 1. The smallest absolute Gasteiger partial charge is 0.258 e. The van der Waals surface area contributed by atoms with E-state index in [0.717, 1.165) is 12.0 Å². The molecule has 0 aromatic heterocycles. The highest BCUT2D eigenvalue weighted by Crippen LogP contribution is 2.26. The molecule has 5 nitrogen and oxygen atoms in total. The van der Waals surface area contributed by atoms with Crippen LogP contribution in [0.15, 0.2) is 42.5 Å². The van der Waals surface area contributed by atoms with Gasteiger partial charge in [-0.3, -0.25) is 9.59 Å². The molecule has 26 heavy (non-hydrogen) atoms.